The van der Waals surface area contributed by atoms with Gasteiger partial charge in [0.2, 0.25) is 12.0 Å². The number of aliphatic hydroxyl groups is 5. The van der Waals surface area contributed by atoms with E-state index < -0.39 is 72.7 Å². The Bertz CT molecular complexity index is 1440. The SMILES string of the molecule is COc1ccc(C2C=C(O)c3c(cc(O[C@@H]4O[C@H](C(=O)O)[C@](O)(CC5=NC=NC5)[C@@H](O)[C@H]4O)c(OCO)c3O)O2)cc1. The van der Waals surface area contributed by atoms with E-state index in [1.54, 1.807) is 24.3 Å². The van der Waals surface area contributed by atoms with Crippen molar-refractivity contribution in [1.82, 2.24) is 0 Å². The second-order valence-corrected chi connectivity index (χ2v) is 9.66. The molecule has 5 rings (SSSR count). The van der Waals surface area contributed by atoms with E-state index in [-0.39, 0.29) is 29.3 Å². The number of aromatic hydroxyl groups is 1. The number of fused-ring (bicyclic) bond motifs is 1. The number of aliphatic carboxylic acids is 1. The maximum atomic E-state index is 12.1. The van der Waals surface area contributed by atoms with Gasteiger partial charge in [0, 0.05) is 24.3 Å². The van der Waals surface area contributed by atoms with Crippen LogP contribution in [-0.4, -0.2) is 104 Å². The van der Waals surface area contributed by atoms with Crippen molar-refractivity contribution in [3.05, 3.63) is 47.5 Å². The molecular weight excluding hydrogens is 560 g/mol. The Morgan fingerprint density at radius 2 is 1.93 bits per heavy atom. The van der Waals surface area contributed by atoms with Gasteiger partial charge in [-0.25, -0.2) is 9.79 Å². The summed E-state index contributed by atoms with van der Waals surface area (Å²) in [5.74, 6) is -3.21. The molecular formula is C27H28N2O13. The van der Waals surface area contributed by atoms with Gasteiger partial charge in [-0.15, -0.1) is 0 Å². The molecule has 1 saturated heterocycles. The summed E-state index contributed by atoms with van der Waals surface area (Å²) in [5.41, 5.74) is -1.84. The molecule has 6 atom stereocenters. The van der Waals surface area contributed by atoms with Crippen LogP contribution in [0.15, 0.2) is 46.4 Å². The van der Waals surface area contributed by atoms with Crippen molar-refractivity contribution in [2.45, 2.75) is 42.7 Å². The normalized spacial score (nSPS) is 28.3. The van der Waals surface area contributed by atoms with Crippen LogP contribution in [0.2, 0.25) is 0 Å². The maximum Gasteiger partial charge on any atom is 0.336 e. The van der Waals surface area contributed by atoms with Crippen molar-refractivity contribution in [3.8, 4) is 28.7 Å². The largest absolute Gasteiger partial charge is 0.507 e. The minimum atomic E-state index is -2.51. The van der Waals surface area contributed by atoms with Gasteiger partial charge in [-0.05, 0) is 17.7 Å². The lowest BCUT2D eigenvalue weighted by Crippen LogP contribution is -2.69. The molecule has 0 bridgehead atoms. The summed E-state index contributed by atoms with van der Waals surface area (Å²) in [7, 11) is 1.51. The fraction of sp³-hybridized carbons (Fsp3) is 0.370. The van der Waals surface area contributed by atoms with Crippen LogP contribution < -0.4 is 18.9 Å². The first-order valence-corrected chi connectivity index (χ1v) is 12.6. The number of carboxylic acids is 1. The molecule has 3 aliphatic rings. The predicted octanol–water partition coefficient (Wildman–Crippen LogP) is 0.276. The van der Waals surface area contributed by atoms with Crippen LogP contribution in [0.1, 0.15) is 23.7 Å². The Labute approximate surface area is 237 Å². The number of aliphatic hydroxyl groups excluding tert-OH is 4. The third-order valence-electron chi connectivity index (χ3n) is 7.05. The number of methoxy groups -OCH3 is 1. The number of benzene rings is 2. The highest BCUT2D eigenvalue weighted by Crippen LogP contribution is 2.51. The van der Waals surface area contributed by atoms with Crippen molar-refractivity contribution in [3.63, 3.8) is 0 Å². The summed E-state index contributed by atoms with van der Waals surface area (Å²) in [6.07, 6.45) is -6.90. The number of carbonyl (C=O) groups is 1. The first-order valence-electron chi connectivity index (χ1n) is 12.6. The van der Waals surface area contributed by atoms with Crippen LogP contribution in [0.25, 0.3) is 5.76 Å². The number of phenols is 1. The highest BCUT2D eigenvalue weighted by Gasteiger charge is 2.59. The molecule has 3 heterocycles. The van der Waals surface area contributed by atoms with E-state index in [2.05, 4.69) is 9.98 Å². The molecule has 3 aliphatic heterocycles. The van der Waals surface area contributed by atoms with E-state index in [1.165, 1.54) is 19.5 Å². The first kappa shape index (κ1) is 29.1. The topological polar surface area (TPSA) is 230 Å². The quantitative estimate of drug-likeness (QED) is 0.195. The van der Waals surface area contributed by atoms with E-state index in [1.807, 2.05) is 0 Å². The lowest BCUT2D eigenvalue weighted by molar-refractivity contribution is -0.303. The smallest absolute Gasteiger partial charge is 0.336 e. The van der Waals surface area contributed by atoms with Gasteiger partial charge >= 0.3 is 5.97 Å². The van der Waals surface area contributed by atoms with Gasteiger partial charge in [0.15, 0.2) is 24.4 Å². The van der Waals surface area contributed by atoms with Gasteiger partial charge < -0.3 is 59.4 Å². The lowest BCUT2D eigenvalue weighted by atomic mass is 9.80. The van der Waals surface area contributed by atoms with Gasteiger partial charge in [-0.3, -0.25) is 4.99 Å². The summed E-state index contributed by atoms with van der Waals surface area (Å²) in [4.78, 5) is 19.9. The molecule has 224 valence electrons. The summed E-state index contributed by atoms with van der Waals surface area (Å²) < 4.78 is 27.3. The zero-order valence-electron chi connectivity index (χ0n) is 22.0. The first-order chi connectivity index (χ1) is 20.1. The van der Waals surface area contributed by atoms with Gasteiger partial charge in [0.05, 0.1) is 13.7 Å². The fourth-order valence-electron chi connectivity index (χ4n) is 4.95. The molecule has 0 aliphatic carbocycles. The molecule has 2 aromatic rings. The number of ether oxygens (including phenoxy) is 5. The van der Waals surface area contributed by atoms with E-state index in [0.29, 0.717) is 11.3 Å². The Kier molecular flexibility index (Phi) is 7.94. The summed E-state index contributed by atoms with van der Waals surface area (Å²) in [6.45, 7) is -0.895. The number of carboxylic acid groups (broad SMARTS) is 1. The zero-order valence-corrected chi connectivity index (χ0v) is 22.0. The average Bonchev–Trinajstić information content (AvgIpc) is 3.47. The van der Waals surface area contributed by atoms with Crippen LogP contribution in [-0.2, 0) is 9.53 Å². The molecule has 0 radical (unpaired) electrons. The van der Waals surface area contributed by atoms with Crippen LogP contribution >= 0.6 is 0 Å². The molecule has 0 aromatic heterocycles. The molecule has 1 unspecified atom stereocenters. The van der Waals surface area contributed by atoms with Crippen molar-refractivity contribution >= 4 is 23.8 Å². The standard InChI is InChI=1S/C27H28N2O13/c1-38-14-4-2-12(3-5-14)16-6-15(31)19-17(40-16)7-18(22(20(19)32)39-11-30)41-26-21(33)23(34)27(37,24(42-26)25(35)36)8-13-9-28-10-29-13/h2-7,10,16,21,23-24,26,30-34,37H,8-9,11H2,1H3,(H,35,36)/t16?,21-,23+,24-,26-,27+/m1/s1. The highest BCUT2D eigenvalue weighted by atomic mass is 16.7. The molecule has 15 nitrogen and oxygen atoms in total. The van der Waals surface area contributed by atoms with Gasteiger partial charge in [-0.1, -0.05) is 12.1 Å². The summed E-state index contributed by atoms with van der Waals surface area (Å²) >= 11 is 0. The van der Waals surface area contributed by atoms with E-state index in [9.17, 15) is 40.5 Å². The lowest BCUT2D eigenvalue weighted by Gasteiger charge is -2.46. The molecule has 1 fully saturated rings. The van der Waals surface area contributed by atoms with Crippen LogP contribution in [0.3, 0.4) is 0 Å². The van der Waals surface area contributed by atoms with Crippen molar-refractivity contribution in [2.24, 2.45) is 9.98 Å². The van der Waals surface area contributed by atoms with Crippen molar-refractivity contribution in [1.29, 1.82) is 0 Å². The number of phenolic OH excluding ortho intramolecular Hbond substituents is 1. The third kappa shape index (κ3) is 5.19. The predicted molar refractivity (Wildman–Crippen MR) is 142 cm³/mol. The monoisotopic (exact) mass is 588 g/mol. The maximum absolute atomic E-state index is 12.1. The molecule has 0 spiro atoms. The fourth-order valence-corrected chi connectivity index (χ4v) is 4.95. The van der Waals surface area contributed by atoms with Gasteiger partial charge in [-0.2, -0.15) is 0 Å². The van der Waals surface area contributed by atoms with Crippen molar-refractivity contribution < 1.29 is 64.2 Å². The Morgan fingerprint density at radius 3 is 2.55 bits per heavy atom. The molecule has 42 heavy (non-hydrogen) atoms. The number of nitrogens with zero attached hydrogens (tertiary/aromatic N) is 2. The van der Waals surface area contributed by atoms with Crippen LogP contribution in [0.5, 0.6) is 28.7 Å². The van der Waals surface area contributed by atoms with E-state index in [4.69, 9.17) is 23.7 Å². The Hall–Kier alpha value is -4.41. The zero-order chi connectivity index (χ0) is 30.2. The molecule has 0 saturated carbocycles. The van der Waals surface area contributed by atoms with Gasteiger partial charge in [0.25, 0.3) is 0 Å². The number of hydrogen-bond donors (Lipinski definition) is 7. The number of aliphatic imine (C=N–C) groups is 2. The van der Waals surface area contributed by atoms with E-state index >= 15 is 0 Å². The summed E-state index contributed by atoms with van der Waals surface area (Å²) in [6, 6.07) is 7.92. The van der Waals surface area contributed by atoms with Crippen LogP contribution in [0, 0.1) is 0 Å². The minimum absolute atomic E-state index is 0.0620. The molecule has 15 heteroatoms. The highest BCUT2D eigenvalue weighted by molar-refractivity contribution is 5.97. The minimum Gasteiger partial charge on any atom is -0.507 e. The Morgan fingerprint density at radius 1 is 1.19 bits per heavy atom. The van der Waals surface area contributed by atoms with Gasteiger partial charge in [0.1, 0.15) is 53.1 Å². The van der Waals surface area contributed by atoms with Crippen LogP contribution in [0.4, 0.5) is 0 Å². The van der Waals surface area contributed by atoms with E-state index in [0.717, 1.165) is 6.07 Å². The average molecular weight is 589 g/mol. The number of rotatable bonds is 9. The van der Waals surface area contributed by atoms with Crippen molar-refractivity contribution in [2.75, 3.05) is 20.4 Å². The summed E-state index contributed by atoms with van der Waals surface area (Å²) in [5, 5.41) is 73.8. The Balaban J connectivity index is 1.47. The third-order valence-corrected chi connectivity index (χ3v) is 7.05. The molecule has 0 amide bonds. The number of hydrogen-bond acceptors (Lipinski definition) is 14. The molecule has 7 N–H and O–H groups in total. The second kappa shape index (κ2) is 11.5. The molecule has 2 aromatic carbocycles. The second-order valence-electron chi connectivity index (χ2n) is 9.66.